The van der Waals surface area contributed by atoms with Gasteiger partial charge in [0.2, 0.25) is 0 Å². The first-order chi connectivity index (χ1) is 13.2. The van der Waals surface area contributed by atoms with Crippen molar-refractivity contribution >= 4 is 5.97 Å². The normalized spacial score (nSPS) is 10.3. The van der Waals surface area contributed by atoms with E-state index in [4.69, 9.17) is 14.2 Å². The highest BCUT2D eigenvalue weighted by atomic mass is 16.5. The highest BCUT2D eigenvalue weighted by molar-refractivity contribution is 5.89. The van der Waals surface area contributed by atoms with Crippen LogP contribution in [-0.4, -0.2) is 12.6 Å². The van der Waals surface area contributed by atoms with E-state index in [9.17, 15) is 4.79 Å². The van der Waals surface area contributed by atoms with Gasteiger partial charge in [-0.1, -0.05) is 42.5 Å². The van der Waals surface area contributed by atoms with Crippen LogP contribution in [0.2, 0.25) is 0 Å². The van der Waals surface area contributed by atoms with Crippen molar-refractivity contribution in [3.05, 3.63) is 95.6 Å². The van der Waals surface area contributed by atoms with Crippen LogP contribution in [0.25, 0.3) is 0 Å². The van der Waals surface area contributed by atoms with Crippen LogP contribution in [0.4, 0.5) is 0 Å². The van der Waals surface area contributed by atoms with Crippen LogP contribution in [0.1, 0.15) is 28.4 Å². The minimum Gasteiger partial charge on any atom is -0.489 e. The molecule has 138 valence electrons. The molecule has 0 spiro atoms. The third-order valence-corrected chi connectivity index (χ3v) is 3.94. The molecule has 4 heteroatoms. The Hall–Kier alpha value is -3.27. The zero-order valence-corrected chi connectivity index (χ0v) is 15.3. The molecule has 3 rings (SSSR count). The Bertz CT molecular complexity index is 840. The lowest BCUT2D eigenvalue weighted by Gasteiger charge is -2.09. The molecule has 0 bridgehead atoms. The minimum atomic E-state index is -0.309. The van der Waals surface area contributed by atoms with Crippen LogP contribution in [0.5, 0.6) is 11.5 Å². The lowest BCUT2D eigenvalue weighted by atomic mass is 10.1. The van der Waals surface area contributed by atoms with Gasteiger partial charge in [-0.2, -0.15) is 0 Å². The van der Waals surface area contributed by atoms with Crippen molar-refractivity contribution < 1.29 is 19.0 Å². The molecule has 0 fully saturated rings. The van der Waals surface area contributed by atoms with Gasteiger partial charge in [-0.05, 0) is 54.4 Å². The molecule has 0 heterocycles. The molecular formula is C23H22O4. The zero-order chi connectivity index (χ0) is 18.9. The summed E-state index contributed by atoms with van der Waals surface area (Å²) in [7, 11) is 0. The van der Waals surface area contributed by atoms with E-state index in [2.05, 4.69) is 0 Å². The highest BCUT2D eigenvalue weighted by Crippen LogP contribution is 2.20. The molecule has 4 nitrogen and oxygen atoms in total. The number of esters is 1. The fourth-order valence-electron chi connectivity index (χ4n) is 2.49. The van der Waals surface area contributed by atoms with E-state index in [0.717, 1.165) is 22.6 Å². The summed E-state index contributed by atoms with van der Waals surface area (Å²) in [5.74, 6) is 1.25. The third kappa shape index (κ3) is 5.61. The number of rotatable bonds is 8. The maximum absolute atomic E-state index is 11.6. The van der Waals surface area contributed by atoms with Crippen molar-refractivity contribution in [2.24, 2.45) is 0 Å². The SMILES string of the molecule is CCOC(=O)c1ccc(COc2ccc(OCc3ccccc3)cc2)cc1. The Labute approximate surface area is 159 Å². The van der Waals surface area contributed by atoms with Gasteiger partial charge in [0.1, 0.15) is 24.7 Å². The maximum atomic E-state index is 11.6. The third-order valence-electron chi connectivity index (χ3n) is 3.94. The molecule has 0 saturated carbocycles. The average molecular weight is 362 g/mol. The van der Waals surface area contributed by atoms with Gasteiger partial charge in [0, 0.05) is 0 Å². The van der Waals surface area contributed by atoms with Crippen molar-refractivity contribution in [3.8, 4) is 11.5 Å². The van der Waals surface area contributed by atoms with Gasteiger partial charge in [-0.3, -0.25) is 0 Å². The smallest absolute Gasteiger partial charge is 0.338 e. The molecule has 0 aliphatic rings. The number of ether oxygens (including phenoxy) is 3. The van der Waals surface area contributed by atoms with E-state index in [0.29, 0.717) is 25.4 Å². The molecule has 0 aromatic heterocycles. The second-order valence-electron chi connectivity index (χ2n) is 5.95. The quantitative estimate of drug-likeness (QED) is 0.528. The first-order valence-electron chi connectivity index (χ1n) is 8.90. The molecule has 0 atom stereocenters. The number of carbonyl (C=O) groups excluding carboxylic acids is 1. The largest absolute Gasteiger partial charge is 0.489 e. The average Bonchev–Trinajstić information content (AvgIpc) is 2.73. The predicted molar refractivity (Wildman–Crippen MR) is 104 cm³/mol. The standard InChI is InChI=1S/C23H22O4/c1-2-25-23(24)20-10-8-19(9-11-20)17-27-22-14-12-21(13-15-22)26-16-18-6-4-3-5-7-18/h3-15H,2,16-17H2,1H3. The second-order valence-corrected chi connectivity index (χ2v) is 5.95. The predicted octanol–water partition coefficient (Wildman–Crippen LogP) is 5.02. The Kier molecular flexibility index (Phi) is 6.47. The topological polar surface area (TPSA) is 44.8 Å². The molecule has 0 aliphatic carbocycles. The van der Waals surface area contributed by atoms with Crippen LogP contribution in [-0.2, 0) is 18.0 Å². The van der Waals surface area contributed by atoms with Crippen LogP contribution < -0.4 is 9.47 Å². The molecule has 0 radical (unpaired) electrons. The summed E-state index contributed by atoms with van der Waals surface area (Å²) in [4.78, 5) is 11.6. The van der Waals surface area contributed by atoms with Crippen LogP contribution >= 0.6 is 0 Å². The Morgan fingerprint density at radius 1 is 0.704 bits per heavy atom. The first kappa shape index (κ1) is 18.5. The first-order valence-corrected chi connectivity index (χ1v) is 8.90. The molecule has 27 heavy (non-hydrogen) atoms. The van der Waals surface area contributed by atoms with Crippen molar-refractivity contribution in [2.45, 2.75) is 20.1 Å². The number of carbonyl (C=O) groups is 1. The molecular weight excluding hydrogens is 340 g/mol. The van der Waals surface area contributed by atoms with E-state index < -0.39 is 0 Å². The highest BCUT2D eigenvalue weighted by Gasteiger charge is 2.06. The fraction of sp³-hybridized carbons (Fsp3) is 0.174. The monoisotopic (exact) mass is 362 g/mol. The van der Waals surface area contributed by atoms with Crippen molar-refractivity contribution in [3.63, 3.8) is 0 Å². The van der Waals surface area contributed by atoms with Crippen LogP contribution in [0.15, 0.2) is 78.9 Å². The zero-order valence-electron chi connectivity index (χ0n) is 15.3. The van der Waals surface area contributed by atoms with E-state index in [1.165, 1.54) is 0 Å². The molecule has 0 saturated heterocycles. The maximum Gasteiger partial charge on any atom is 0.338 e. The summed E-state index contributed by atoms with van der Waals surface area (Å²) < 4.78 is 16.5. The summed E-state index contributed by atoms with van der Waals surface area (Å²) in [6.45, 7) is 3.12. The summed E-state index contributed by atoms with van der Waals surface area (Å²) >= 11 is 0. The van der Waals surface area contributed by atoms with Crippen molar-refractivity contribution in [2.75, 3.05) is 6.61 Å². The van der Waals surface area contributed by atoms with Gasteiger partial charge in [-0.25, -0.2) is 4.79 Å². The van der Waals surface area contributed by atoms with E-state index in [1.807, 2.05) is 66.7 Å². The van der Waals surface area contributed by atoms with E-state index >= 15 is 0 Å². The lowest BCUT2D eigenvalue weighted by molar-refractivity contribution is 0.0526. The molecule has 0 amide bonds. The van der Waals surface area contributed by atoms with Gasteiger partial charge < -0.3 is 14.2 Å². The van der Waals surface area contributed by atoms with Crippen molar-refractivity contribution in [1.82, 2.24) is 0 Å². The van der Waals surface area contributed by atoms with Gasteiger partial charge in [0.05, 0.1) is 12.2 Å². The Morgan fingerprint density at radius 3 is 1.74 bits per heavy atom. The number of hydrogen-bond acceptors (Lipinski definition) is 4. The second kappa shape index (κ2) is 9.43. The summed E-state index contributed by atoms with van der Waals surface area (Å²) in [5.41, 5.74) is 2.65. The number of benzene rings is 3. The Balaban J connectivity index is 1.49. The minimum absolute atomic E-state index is 0.309. The van der Waals surface area contributed by atoms with Crippen molar-refractivity contribution in [1.29, 1.82) is 0 Å². The summed E-state index contributed by atoms with van der Waals surface area (Å²) in [5, 5.41) is 0. The van der Waals surface area contributed by atoms with Gasteiger partial charge in [-0.15, -0.1) is 0 Å². The molecule has 0 N–H and O–H groups in total. The summed E-state index contributed by atoms with van der Waals surface area (Å²) in [6, 6.07) is 24.8. The molecule has 3 aromatic rings. The van der Waals surface area contributed by atoms with Gasteiger partial charge in [0.15, 0.2) is 0 Å². The van der Waals surface area contributed by atoms with E-state index in [1.54, 1.807) is 19.1 Å². The van der Waals surface area contributed by atoms with Gasteiger partial charge in [0.25, 0.3) is 0 Å². The van der Waals surface area contributed by atoms with Crippen LogP contribution in [0.3, 0.4) is 0 Å². The molecule has 0 aliphatic heterocycles. The van der Waals surface area contributed by atoms with Crippen LogP contribution in [0, 0.1) is 0 Å². The number of hydrogen-bond donors (Lipinski definition) is 0. The van der Waals surface area contributed by atoms with E-state index in [-0.39, 0.29) is 5.97 Å². The summed E-state index contributed by atoms with van der Waals surface area (Å²) in [6.07, 6.45) is 0. The molecule has 3 aromatic carbocycles. The Morgan fingerprint density at radius 2 is 1.22 bits per heavy atom. The molecule has 0 unspecified atom stereocenters. The lowest BCUT2D eigenvalue weighted by Crippen LogP contribution is -2.04. The fourth-order valence-corrected chi connectivity index (χ4v) is 2.49. The van der Waals surface area contributed by atoms with Gasteiger partial charge >= 0.3 is 5.97 Å².